The molecule has 0 radical (unpaired) electrons. The average Bonchev–Trinajstić information content (AvgIpc) is 2.88. The van der Waals surface area contributed by atoms with E-state index in [2.05, 4.69) is 26.6 Å². The Balaban J connectivity index is 1.62. The van der Waals surface area contributed by atoms with Gasteiger partial charge >= 0.3 is 0 Å². The second-order valence-electron chi connectivity index (χ2n) is 7.31. The molecule has 2 N–H and O–H groups in total. The van der Waals surface area contributed by atoms with Gasteiger partial charge in [0.05, 0.1) is 23.9 Å². The molecule has 0 fully saturated rings. The standard InChI is InChI=1S/C27H24BrN3O5/c1-3-35-21-11-9-20(10-12-21)30-27(33)19(16-29)14-18-8-13-24(22(28)15-18)36-17-26(32)31-23-6-4-5-7-25(23)34-2/h4-15H,3,17H2,1-2H3,(H,30,33)(H,31,32)/b19-14+. The third kappa shape index (κ3) is 7.35. The lowest BCUT2D eigenvalue weighted by molar-refractivity contribution is -0.118. The third-order valence-corrected chi connectivity index (χ3v) is 5.41. The van der Waals surface area contributed by atoms with Gasteiger partial charge in [-0.05, 0) is 83.0 Å². The quantitative estimate of drug-likeness (QED) is 0.258. The van der Waals surface area contributed by atoms with Crippen LogP contribution in [0.4, 0.5) is 11.4 Å². The fraction of sp³-hybridized carbons (Fsp3) is 0.148. The van der Waals surface area contributed by atoms with E-state index < -0.39 is 5.91 Å². The van der Waals surface area contributed by atoms with Crippen molar-refractivity contribution in [1.82, 2.24) is 0 Å². The zero-order valence-electron chi connectivity index (χ0n) is 19.7. The molecule has 0 saturated heterocycles. The van der Waals surface area contributed by atoms with E-state index in [0.717, 1.165) is 0 Å². The van der Waals surface area contributed by atoms with Gasteiger partial charge in [0, 0.05) is 5.69 Å². The molecule has 0 aliphatic carbocycles. The second-order valence-corrected chi connectivity index (χ2v) is 8.16. The molecule has 9 heteroatoms. The third-order valence-electron chi connectivity index (χ3n) is 4.80. The van der Waals surface area contributed by atoms with Crippen molar-refractivity contribution in [1.29, 1.82) is 5.26 Å². The monoisotopic (exact) mass is 549 g/mol. The van der Waals surface area contributed by atoms with Crippen LogP contribution in [0.1, 0.15) is 12.5 Å². The Hall–Kier alpha value is -4.29. The van der Waals surface area contributed by atoms with Crippen LogP contribution in [0.3, 0.4) is 0 Å². The molecule has 8 nitrogen and oxygen atoms in total. The predicted octanol–water partition coefficient (Wildman–Crippen LogP) is 5.42. The van der Waals surface area contributed by atoms with Crippen molar-refractivity contribution >= 4 is 45.2 Å². The zero-order valence-corrected chi connectivity index (χ0v) is 21.3. The number of amides is 2. The highest BCUT2D eigenvalue weighted by molar-refractivity contribution is 9.10. The van der Waals surface area contributed by atoms with E-state index in [1.807, 2.05) is 13.0 Å². The lowest BCUT2D eigenvalue weighted by Gasteiger charge is -2.11. The van der Waals surface area contributed by atoms with Crippen LogP contribution in [0.2, 0.25) is 0 Å². The first-order chi connectivity index (χ1) is 17.4. The Bertz CT molecular complexity index is 1300. The van der Waals surface area contributed by atoms with Crippen molar-refractivity contribution < 1.29 is 23.8 Å². The highest BCUT2D eigenvalue weighted by Gasteiger charge is 2.12. The first-order valence-corrected chi connectivity index (χ1v) is 11.7. The minimum atomic E-state index is -0.536. The summed E-state index contributed by atoms with van der Waals surface area (Å²) in [5.74, 6) is 0.776. The first-order valence-electron chi connectivity index (χ1n) is 10.9. The van der Waals surface area contributed by atoms with Crippen LogP contribution in [0.25, 0.3) is 6.08 Å². The molecule has 3 aromatic rings. The molecule has 0 atom stereocenters. The molecule has 2 amide bonds. The predicted molar refractivity (Wildman–Crippen MR) is 141 cm³/mol. The number of para-hydroxylation sites is 2. The van der Waals surface area contributed by atoms with Crippen molar-refractivity contribution in [3.05, 3.63) is 82.3 Å². The summed E-state index contributed by atoms with van der Waals surface area (Å²) in [5.41, 5.74) is 1.62. The number of nitrogens with zero attached hydrogens (tertiary/aromatic N) is 1. The van der Waals surface area contributed by atoms with Gasteiger partial charge in [-0.1, -0.05) is 18.2 Å². The number of methoxy groups -OCH3 is 1. The maximum absolute atomic E-state index is 12.6. The number of carbonyl (C=O) groups is 2. The fourth-order valence-electron chi connectivity index (χ4n) is 3.12. The average molecular weight is 550 g/mol. The minimum absolute atomic E-state index is 0.0689. The Morgan fingerprint density at radius 3 is 2.42 bits per heavy atom. The summed E-state index contributed by atoms with van der Waals surface area (Å²) >= 11 is 3.41. The highest BCUT2D eigenvalue weighted by atomic mass is 79.9. The summed E-state index contributed by atoms with van der Waals surface area (Å²) in [4.78, 5) is 24.8. The summed E-state index contributed by atoms with van der Waals surface area (Å²) < 4.78 is 16.8. The van der Waals surface area contributed by atoms with E-state index >= 15 is 0 Å². The topological polar surface area (TPSA) is 110 Å². The molecule has 0 bridgehead atoms. The maximum Gasteiger partial charge on any atom is 0.266 e. The van der Waals surface area contributed by atoms with Gasteiger partial charge in [-0.15, -0.1) is 0 Å². The van der Waals surface area contributed by atoms with Crippen LogP contribution < -0.4 is 24.8 Å². The minimum Gasteiger partial charge on any atom is -0.495 e. The number of ether oxygens (including phenoxy) is 3. The molecular weight excluding hydrogens is 526 g/mol. The van der Waals surface area contributed by atoms with E-state index in [1.165, 1.54) is 13.2 Å². The number of rotatable bonds is 10. The molecule has 0 spiro atoms. The Morgan fingerprint density at radius 2 is 1.75 bits per heavy atom. The van der Waals surface area contributed by atoms with Gasteiger partial charge in [0.15, 0.2) is 6.61 Å². The van der Waals surface area contributed by atoms with Crippen LogP contribution in [-0.2, 0) is 9.59 Å². The van der Waals surface area contributed by atoms with Crippen LogP contribution in [0, 0.1) is 11.3 Å². The molecule has 0 aliphatic rings. The summed E-state index contributed by atoms with van der Waals surface area (Å²) in [6.45, 7) is 2.21. The molecular formula is C27H24BrN3O5. The maximum atomic E-state index is 12.6. The normalized spacial score (nSPS) is 10.7. The van der Waals surface area contributed by atoms with Crippen LogP contribution in [-0.4, -0.2) is 32.1 Å². The summed E-state index contributed by atoms with van der Waals surface area (Å²) in [6.07, 6.45) is 1.47. The van der Waals surface area contributed by atoms with Crippen molar-refractivity contribution in [2.24, 2.45) is 0 Å². The number of benzene rings is 3. The van der Waals surface area contributed by atoms with E-state index in [1.54, 1.807) is 66.7 Å². The molecule has 0 heterocycles. The smallest absolute Gasteiger partial charge is 0.266 e. The van der Waals surface area contributed by atoms with Crippen LogP contribution in [0.5, 0.6) is 17.2 Å². The van der Waals surface area contributed by atoms with E-state index in [4.69, 9.17) is 14.2 Å². The van der Waals surface area contributed by atoms with Crippen LogP contribution >= 0.6 is 15.9 Å². The molecule has 36 heavy (non-hydrogen) atoms. The molecule has 184 valence electrons. The number of halogens is 1. The van der Waals surface area contributed by atoms with Gasteiger partial charge in [-0.3, -0.25) is 9.59 Å². The zero-order chi connectivity index (χ0) is 25.9. The lowest BCUT2D eigenvalue weighted by atomic mass is 10.1. The number of hydrogen-bond donors (Lipinski definition) is 2. The summed E-state index contributed by atoms with van der Waals surface area (Å²) in [6, 6.07) is 20.9. The van der Waals surface area contributed by atoms with Gasteiger partial charge in [0.2, 0.25) is 0 Å². The fourth-order valence-corrected chi connectivity index (χ4v) is 3.63. The summed E-state index contributed by atoms with van der Waals surface area (Å²) in [7, 11) is 1.52. The number of anilines is 2. The molecule has 0 aromatic heterocycles. The molecule has 0 aliphatic heterocycles. The Labute approximate surface area is 217 Å². The van der Waals surface area contributed by atoms with E-state index in [-0.39, 0.29) is 18.1 Å². The number of nitrogens with one attached hydrogen (secondary N) is 2. The summed E-state index contributed by atoms with van der Waals surface area (Å²) in [5, 5.41) is 14.9. The number of carbonyl (C=O) groups excluding carboxylic acids is 2. The molecule has 3 rings (SSSR count). The molecule has 0 saturated carbocycles. The van der Waals surface area contributed by atoms with Crippen molar-refractivity contribution in [2.75, 3.05) is 31.0 Å². The van der Waals surface area contributed by atoms with Crippen molar-refractivity contribution in [3.63, 3.8) is 0 Å². The second kappa shape index (κ2) is 13.0. The van der Waals surface area contributed by atoms with Gasteiger partial charge in [0.1, 0.15) is 28.9 Å². The SMILES string of the molecule is CCOc1ccc(NC(=O)/C(C#N)=C/c2ccc(OCC(=O)Nc3ccccc3OC)c(Br)c2)cc1. The molecule has 0 unspecified atom stereocenters. The lowest BCUT2D eigenvalue weighted by Crippen LogP contribution is -2.20. The van der Waals surface area contributed by atoms with E-state index in [0.29, 0.717) is 45.3 Å². The first kappa shape index (κ1) is 26.3. The largest absolute Gasteiger partial charge is 0.495 e. The van der Waals surface area contributed by atoms with Crippen molar-refractivity contribution in [3.8, 4) is 23.3 Å². The number of hydrogen-bond acceptors (Lipinski definition) is 6. The van der Waals surface area contributed by atoms with Gasteiger partial charge < -0.3 is 24.8 Å². The molecule has 3 aromatic carbocycles. The Morgan fingerprint density at radius 1 is 1.00 bits per heavy atom. The van der Waals surface area contributed by atoms with Crippen LogP contribution in [0.15, 0.2) is 76.8 Å². The number of nitriles is 1. The van der Waals surface area contributed by atoms with Crippen molar-refractivity contribution in [2.45, 2.75) is 6.92 Å². The Kier molecular flexibility index (Phi) is 9.48. The highest BCUT2D eigenvalue weighted by Crippen LogP contribution is 2.28. The van der Waals surface area contributed by atoms with Gasteiger partial charge in [-0.2, -0.15) is 5.26 Å². The van der Waals surface area contributed by atoms with E-state index in [9.17, 15) is 14.9 Å². The van der Waals surface area contributed by atoms with Gasteiger partial charge in [-0.25, -0.2) is 0 Å². The van der Waals surface area contributed by atoms with Gasteiger partial charge in [0.25, 0.3) is 11.8 Å².